The number of nitrogens with one attached hydrogen (secondary N) is 1. The lowest BCUT2D eigenvalue weighted by Gasteiger charge is -1.99. The minimum Gasteiger partial charge on any atom is -0.302 e. The van der Waals surface area contributed by atoms with Gasteiger partial charge in [0.2, 0.25) is 5.91 Å². The minimum atomic E-state index is -0.117. The van der Waals surface area contributed by atoms with Gasteiger partial charge in [-0.25, -0.2) is 4.98 Å². The van der Waals surface area contributed by atoms with Crippen LogP contribution in [0.3, 0.4) is 0 Å². The summed E-state index contributed by atoms with van der Waals surface area (Å²) < 4.78 is 0.724. The van der Waals surface area contributed by atoms with E-state index in [4.69, 9.17) is 11.6 Å². The van der Waals surface area contributed by atoms with Gasteiger partial charge in [-0.05, 0) is 18.6 Å². The molecule has 0 fully saturated rings. The summed E-state index contributed by atoms with van der Waals surface area (Å²) in [5, 5.41) is 3.14. The number of hydrogen-bond donors (Lipinski definition) is 1. The molecule has 0 spiro atoms. The van der Waals surface area contributed by atoms with E-state index in [2.05, 4.69) is 10.3 Å². The van der Waals surface area contributed by atoms with Gasteiger partial charge in [0.1, 0.15) is 0 Å². The van der Waals surface area contributed by atoms with Crippen molar-refractivity contribution < 1.29 is 9.59 Å². The number of thiazole rings is 1. The maximum Gasteiger partial charge on any atom is 0.226 e. The van der Waals surface area contributed by atoms with Crippen molar-refractivity contribution in [1.82, 2.24) is 4.98 Å². The highest BCUT2D eigenvalue weighted by Crippen LogP contribution is 2.23. The Morgan fingerprint density at radius 2 is 2.16 bits per heavy atom. The zero-order valence-corrected chi connectivity index (χ0v) is 12.5. The van der Waals surface area contributed by atoms with Crippen molar-refractivity contribution in [3.05, 3.63) is 32.4 Å². The summed E-state index contributed by atoms with van der Waals surface area (Å²) in [4.78, 5) is 28.4. The van der Waals surface area contributed by atoms with Gasteiger partial charge in [-0.3, -0.25) is 9.59 Å². The number of thiophene rings is 1. The highest BCUT2D eigenvalue weighted by atomic mass is 35.5. The number of amides is 1. The lowest BCUT2D eigenvalue weighted by molar-refractivity contribution is -0.116. The third kappa shape index (κ3) is 4.12. The van der Waals surface area contributed by atoms with Gasteiger partial charge < -0.3 is 5.32 Å². The molecule has 2 rings (SSSR count). The highest BCUT2D eigenvalue weighted by molar-refractivity contribution is 7.17. The van der Waals surface area contributed by atoms with E-state index in [0.29, 0.717) is 22.9 Å². The average molecular weight is 315 g/mol. The number of halogens is 1. The molecule has 0 aromatic carbocycles. The summed E-state index contributed by atoms with van der Waals surface area (Å²) in [5.41, 5.74) is 0. The molecule has 2 aromatic rings. The van der Waals surface area contributed by atoms with Gasteiger partial charge in [0.25, 0.3) is 0 Å². The molecule has 0 radical (unpaired) electrons. The van der Waals surface area contributed by atoms with Crippen LogP contribution in [0.25, 0.3) is 0 Å². The first-order chi connectivity index (χ1) is 9.04. The molecule has 0 unspecified atom stereocenters. The van der Waals surface area contributed by atoms with Crippen LogP contribution in [0.1, 0.15) is 27.9 Å². The van der Waals surface area contributed by atoms with E-state index in [1.807, 2.05) is 12.1 Å². The lowest BCUT2D eigenvalue weighted by atomic mass is 10.2. The first kappa shape index (κ1) is 14.2. The highest BCUT2D eigenvalue weighted by Gasteiger charge is 2.09. The van der Waals surface area contributed by atoms with E-state index in [0.717, 1.165) is 9.21 Å². The zero-order valence-electron chi connectivity index (χ0n) is 10.1. The molecule has 19 heavy (non-hydrogen) atoms. The van der Waals surface area contributed by atoms with E-state index < -0.39 is 0 Å². The topological polar surface area (TPSA) is 59.1 Å². The second-order valence-electron chi connectivity index (χ2n) is 3.84. The second kappa shape index (κ2) is 6.27. The average Bonchev–Trinajstić information content (AvgIpc) is 2.96. The van der Waals surface area contributed by atoms with Gasteiger partial charge in [-0.2, -0.15) is 0 Å². The molecule has 100 valence electrons. The normalized spacial score (nSPS) is 10.4. The fraction of sp³-hybridized carbons (Fsp3) is 0.250. The van der Waals surface area contributed by atoms with E-state index in [1.165, 1.54) is 35.8 Å². The van der Waals surface area contributed by atoms with Crippen molar-refractivity contribution in [2.45, 2.75) is 19.8 Å². The standard InChI is InChI=1S/C12H11ClN2O2S2/c1-7(16)9-6-14-12(19-9)15-11(17)5-3-8-2-4-10(13)18-8/h2,4,6H,3,5H2,1H3,(H,14,15,17). The van der Waals surface area contributed by atoms with Crippen molar-refractivity contribution in [3.8, 4) is 0 Å². The van der Waals surface area contributed by atoms with E-state index in [1.54, 1.807) is 0 Å². The number of ketones is 1. The molecule has 0 saturated carbocycles. The number of rotatable bonds is 5. The summed E-state index contributed by atoms with van der Waals surface area (Å²) in [6, 6.07) is 3.73. The molecule has 1 amide bonds. The van der Waals surface area contributed by atoms with Crippen LogP contribution >= 0.6 is 34.3 Å². The number of anilines is 1. The lowest BCUT2D eigenvalue weighted by Crippen LogP contribution is -2.11. The predicted octanol–water partition coefficient (Wildman–Crippen LogP) is 3.63. The Hall–Kier alpha value is -1.24. The Morgan fingerprint density at radius 1 is 1.37 bits per heavy atom. The fourth-order valence-corrected chi connectivity index (χ4v) is 3.21. The molecule has 1 N–H and O–H groups in total. The fourth-order valence-electron chi connectivity index (χ4n) is 1.40. The number of nitrogens with zero attached hydrogens (tertiary/aromatic N) is 1. The van der Waals surface area contributed by atoms with Gasteiger partial charge in [0.15, 0.2) is 10.9 Å². The van der Waals surface area contributed by atoms with Crippen molar-refractivity contribution in [2.24, 2.45) is 0 Å². The second-order valence-corrected chi connectivity index (χ2v) is 6.67. The van der Waals surface area contributed by atoms with E-state index in [9.17, 15) is 9.59 Å². The molecule has 0 atom stereocenters. The largest absolute Gasteiger partial charge is 0.302 e. The van der Waals surface area contributed by atoms with Crippen LogP contribution in [0, 0.1) is 0 Å². The number of aryl methyl sites for hydroxylation is 1. The molecule has 0 aliphatic carbocycles. The first-order valence-corrected chi connectivity index (χ1v) is 7.56. The van der Waals surface area contributed by atoms with Crippen LogP contribution in [-0.2, 0) is 11.2 Å². The maximum absolute atomic E-state index is 11.7. The monoisotopic (exact) mass is 314 g/mol. The number of carbonyl (C=O) groups is 2. The van der Waals surface area contributed by atoms with Gasteiger partial charge in [0, 0.05) is 18.2 Å². The third-order valence-electron chi connectivity index (χ3n) is 2.33. The summed E-state index contributed by atoms with van der Waals surface area (Å²) in [6.07, 6.45) is 2.49. The third-order valence-corrected chi connectivity index (χ3v) is 4.63. The summed E-state index contributed by atoms with van der Waals surface area (Å²) in [7, 11) is 0. The molecule has 2 aromatic heterocycles. The Bertz CT molecular complexity index is 606. The Balaban J connectivity index is 1.85. The molecule has 4 nitrogen and oxygen atoms in total. The van der Waals surface area contributed by atoms with Crippen LogP contribution in [0.4, 0.5) is 5.13 Å². The number of carbonyl (C=O) groups excluding carboxylic acids is 2. The summed E-state index contributed by atoms with van der Waals surface area (Å²) in [5.74, 6) is -0.166. The van der Waals surface area contributed by atoms with Crippen LogP contribution in [0.2, 0.25) is 4.34 Å². The Labute approximate surface area is 123 Å². The molecule has 0 bridgehead atoms. The zero-order chi connectivity index (χ0) is 13.8. The SMILES string of the molecule is CC(=O)c1cnc(NC(=O)CCc2ccc(Cl)s2)s1. The van der Waals surface area contributed by atoms with E-state index in [-0.39, 0.29) is 11.7 Å². The molecule has 0 saturated heterocycles. The van der Waals surface area contributed by atoms with Crippen LogP contribution in [0.5, 0.6) is 0 Å². The smallest absolute Gasteiger partial charge is 0.226 e. The maximum atomic E-state index is 11.7. The minimum absolute atomic E-state index is 0.0498. The van der Waals surface area contributed by atoms with E-state index >= 15 is 0 Å². The van der Waals surface area contributed by atoms with Crippen molar-refractivity contribution in [2.75, 3.05) is 5.32 Å². The number of hydrogen-bond acceptors (Lipinski definition) is 5. The van der Waals surface area contributed by atoms with Crippen molar-refractivity contribution in [1.29, 1.82) is 0 Å². The van der Waals surface area contributed by atoms with Crippen molar-refractivity contribution >= 4 is 51.1 Å². The molecular weight excluding hydrogens is 304 g/mol. The summed E-state index contributed by atoms with van der Waals surface area (Å²) in [6.45, 7) is 1.47. The van der Waals surface area contributed by atoms with Gasteiger partial charge >= 0.3 is 0 Å². The summed E-state index contributed by atoms with van der Waals surface area (Å²) >= 11 is 8.47. The quantitative estimate of drug-likeness (QED) is 0.857. The molecular formula is C12H11ClN2O2S2. The van der Waals surface area contributed by atoms with Gasteiger partial charge in [-0.1, -0.05) is 22.9 Å². The van der Waals surface area contributed by atoms with Crippen molar-refractivity contribution in [3.63, 3.8) is 0 Å². The van der Waals surface area contributed by atoms with Gasteiger partial charge in [-0.15, -0.1) is 11.3 Å². The molecule has 2 heterocycles. The Morgan fingerprint density at radius 3 is 2.74 bits per heavy atom. The van der Waals surface area contributed by atoms with Crippen LogP contribution in [0.15, 0.2) is 18.3 Å². The number of aromatic nitrogens is 1. The van der Waals surface area contributed by atoms with Crippen LogP contribution < -0.4 is 5.32 Å². The van der Waals surface area contributed by atoms with Crippen LogP contribution in [-0.4, -0.2) is 16.7 Å². The predicted molar refractivity (Wildman–Crippen MR) is 78.4 cm³/mol. The molecule has 0 aliphatic rings. The molecule has 7 heteroatoms. The molecule has 0 aliphatic heterocycles. The van der Waals surface area contributed by atoms with Gasteiger partial charge in [0.05, 0.1) is 15.4 Å². The first-order valence-electron chi connectivity index (χ1n) is 5.55. The number of Topliss-reactive ketones (excluding diaryl/α,β-unsaturated/α-hetero) is 1. The Kier molecular flexibility index (Phi) is 4.68.